The van der Waals surface area contributed by atoms with E-state index >= 15 is 0 Å². The Morgan fingerprint density at radius 3 is 2.78 bits per heavy atom. The van der Waals surface area contributed by atoms with E-state index in [2.05, 4.69) is 5.32 Å². The Morgan fingerprint density at radius 2 is 2.22 bits per heavy atom. The van der Waals surface area contributed by atoms with E-state index < -0.39 is 0 Å². The fraction of sp³-hybridized carbons (Fsp3) is 0.462. The van der Waals surface area contributed by atoms with E-state index in [1.54, 1.807) is 18.9 Å². The first-order valence-corrected chi connectivity index (χ1v) is 7.55. The number of nitrogens with two attached hydrogens (primary N) is 1. The van der Waals surface area contributed by atoms with Gasteiger partial charge in [-0.2, -0.15) is 0 Å². The van der Waals surface area contributed by atoms with Crippen LogP contribution in [0.3, 0.4) is 0 Å². The maximum atomic E-state index is 5.83. The van der Waals surface area contributed by atoms with Crippen LogP contribution >= 0.6 is 24.0 Å². The van der Waals surface area contributed by atoms with Gasteiger partial charge in [0, 0.05) is 29.3 Å². The zero-order valence-corrected chi connectivity index (χ0v) is 12.2. The Hall–Kier alpha value is -0.780. The quantitative estimate of drug-likeness (QED) is 0.642. The molecule has 98 valence electrons. The minimum atomic E-state index is 0.388. The van der Waals surface area contributed by atoms with Gasteiger partial charge in [0.25, 0.3) is 0 Å². The molecule has 2 rings (SSSR count). The molecule has 1 aliphatic rings. The van der Waals surface area contributed by atoms with Gasteiger partial charge in [0.15, 0.2) is 0 Å². The summed E-state index contributed by atoms with van der Waals surface area (Å²) in [6, 6.07) is 6.57. The molecular formula is C13H18N2OS2. The van der Waals surface area contributed by atoms with Crippen LogP contribution in [0.4, 0.5) is 5.69 Å². The summed E-state index contributed by atoms with van der Waals surface area (Å²) in [5.41, 5.74) is 7.83. The molecule has 1 fully saturated rings. The Bertz CT molecular complexity index is 445. The summed E-state index contributed by atoms with van der Waals surface area (Å²) in [6.45, 7) is 0. The molecule has 0 radical (unpaired) electrons. The average Bonchev–Trinajstić information content (AvgIpc) is 2.32. The molecule has 1 saturated carbocycles. The molecule has 5 heteroatoms. The number of methoxy groups -OCH3 is 1. The topological polar surface area (TPSA) is 47.3 Å². The van der Waals surface area contributed by atoms with Crippen LogP contribution in [-0.2, 0) is 4.74 Å². The second-order valence-electron chi connectivity index (χ2n) is 4.42. The second-order valence-corrected chi connectivity index (χ2v) is 5.71. The van der Waals surface area contributed by atoms with Crippen molar-refractivity contribution in [1.82, 2.24) is 0 Å². The van der Waals surface area contributed by atoms with E-state index in [0.717, 1.165) is 29.0 Å². The highest BCUT2D eigenvalue weighted by Gasteiger charge is 2.29. The number of anilines is 1. The molecule has 18 heavy (non-hydrogen) atoms. The standard InChI is InChI=1S/C13H18N2OS2/c1-16-9-6-8(7-9)15-10-4-3-5-11(18-2)12(10)13(14)17/h3-5,8-9,15H,6-7H2,1-2H3,(H2,14,17). The Labute approximate surface area is 117 Å². The summed E-state index contributed by atoms with van der Waals surface area (Å²) >= 11 is 6.82. The Kier molecular flexibility index (Phi) is 4.48. The lowest BCUT2D eigenvalue weighted by atomic mass is 9.89. The third-order valence-corrected chi connectivity index (χ3v) is 4.26. The minimum absolute atomic E-state index is 0.388. The lowest BCUT2D eigenvalue weighted by molar-refractivity contribution is 0.0328. The van der Waals surface area contributed by atoms with Crippen molar-refractivity contribution in [2.24, 2.45) is 5.73 Å². The number of rotatable bonds is 5. The molecular weight excluding hydrogens is 264 g/mol. The zero-order valence-electron chi connectivity index (χ0n) is 10.6. The van der Waals surface area contributed by atoms with Gasteiger partial charge >= 0.3 is 0 Å². The Balaban J connectivity index is 2.15. The molecule has 0 heterocycles. The lowest BCUT2D eigenvalue weighted by Gasteiger charge is -2.35. The zero-order chi connectivity index (χ0) is 13.1. The maximum Gasteiger partial charge on any atom is 0.107 e. The second kappa shape index (κ2) is 5.91. The van der Waals surface area contributed by atoms with E-state index in [9.17, 15) is 0 Å². The number of thioether (sulfide) groups is 1. The number of nitrogens with one attached hydrogen (secondary N) is 1. The van der Waals surface area contributed by atoms with Gasteiger partial charge in [-0.25, -0.2) is 0 Å². The van der Waals surface area contributed by atoms with Gasteiger partial charge in [0.05, 0.1) is 6.10 Å². The van der Waals surface area contributed by atoms with Crippen LogP contribution in [0.15, 0.2) is 23.1 Å². The van der Waals surface area contributed by atoms with E-state index in [1.807, 2.05) is 24.5 Å². The molecule has 0 unspecified atom stereocenters. The predicted octanol–water partition coefficient (Wildman–Crippen LogP) is 2.63. The molecule has 0 amide bonds. The molecule has 1 aromatic rings. The van der Waals surface area contributed by atoms with E-state index in [4.69, 9.17) is 22.7 Å². The van der Waals surface area contributed by atoms with Crippen molar-refractivity contribution in [3.63, 3.8) is 0 Å². The highest BCUT2D eigenvalue weighted by atomic mass is 32.2. The first-order chi connectivity index (χ1) is 8.65. The molecule has 0 aromatic heterocycles. The summed E-state index contributed by atoms with van der Waals surface area (Å²) in [6.07, 6.45) is 4.50. The van der Waals surface area contributed by atoms with Gasteiger partial charge in [-0.3, -0.25) is 0 Å². The number of hydrogen-bond donors (Lipinski definition) is 2. The van der Waals surface area contributed by atoms with Crippen LogP contribution in [0.2, 0.25) is 0 Å². The van der Waals surface area contributed by atoms with Crippen LogP contribution in [0.5, 0.6) is 0 Å². The van der Waals surface area contributed by atoms with E-state index in [1.165, 1.54) is 0 Å². The molecule has 1 aromatic carbocycles. The van der Waals surface area contributed by atoms with E-state index in [-0.39, 0.29) is 0 Å². The van der Waals surface area contributed by atoms with Gasteiger partial charge in [0.1, 0.15) is 4.99 Å². The number of benzene rings is 1. The molecule has 3 nitrogen and oxygen atoms in total. The van der Waals surface area contributed by atoms with Crippen molar-refractivity contribution in [2.75, 3.05) is 18.7 Å². The summed E-state index contributed by atoms with van der Waals surface area (Å²) in [5.74, 6) is 0. The van der Waals surface area contributed by atoms with Crippen molar-refractivity contribution in [3.05, 3.63) is 23.8 Å². The van der Waals surface area contributed by atoms with E-state index in [0.29, 0.717) is 17.1 Å². The van der Waals surface area contributed by atoms with Crippen LogP contribution in [0.1, 0.15) is 18.4 Å². The van der Waals surface area contributed by atoms with Gasteiger partial charge < -0.3 is 15.8 Å². The van der Waals surface area contributed by atoms with Crippen LogP contribution in [-0.4, -0.2) is 30.5 Å². The van der Waals surface area contributed by atoms with Gasteiger partial charge in [0.2, 0.25) is 0 Å². The number of thiocarbonyl (C=S) groups is 1. The smallest absolute Gasteiger partial charge is 0.107 e. The van der Waals surface area contributed by atoms with Gasteiger partial charge in [-0.1, -0.05) is 18.3 Å². The molecule has 0 bridgehead atoms. The van der Waals surface area contributed by atoms with Crippen LogP contribution in [0, 0.1) is 0 Å². The lowest BCUT2D eigenvalue weighted by Crippen LogP contribution is -2.40. The number of hydrogen-bond acceptors (Lipinski definition) is 4. The third-order valence-electron chi connectivity index (χ3n) is 3.28. The van der Waals surface area contributed by atoms with Crippen LogP contribution < -0.4 is 11.1 Å². The highest BCUT2D eigenvalue weighted by molar-refractivity contribution is 7.98. The summed E-state index contributed by atoms with van der Waals surface area (Å²) in [7, 11) is 1.76. The fourth-order valence-electron chi connectivity index (χ4n) is 2.17. The normalized spacial score (nSPS) is 22.3. The van der Waals surface area contributed by atoms with Gasteiger partial charge in [-0.05, 0) is 31.2 Å². The molecule has 1 aliphatic carbocycles. The molecule has 0 spiro atoms. The molecule has 0 aliphatic heterocycles. The molecule has 3 N–H and O–H groups in total. The first-order valence-electron chi connectivity index (χ1n) is 5.91. The highest BCUT2D eigenvalue weighted by Crippen LogP contribution is 2.31. The molecule has 0 saturated heterocycles. The SMILES string of the molecule is COC1CC(Nc2cccc(SC)c2C(N)=S)C1. The maximum absolute atomic E-state index is 5.83. The number of ether oxygens (including phenoxy) is 1. The summed E-state index contributed by atoms with van der Waals surface area (Å²) in [5, 5.41) is 3.51. The summed E-state index contributed by atoms with van der Waals surface area (Å²) in [4.78, 5) is 1.57. The van der Waals surface area contributed by atoms with Crippen molar-refractivity contribution in [1.29, 1.82) is 0 Å². The monoisotopic (exact) mass is 282 g/mol. The van der Waals surface area contributed by atoms with Crippen molar-refractivity contribution < 1.29 is 4.74 Å². The third kappa shape index (κ3) is 2.79. The minimum Gasteiger partial charge on any atom is -0.389 e. The molecule has 0 atom stereocenters. The van der Waals surface area contributed by atoms with Crippen molar-refractivity contribution in [3.8, 4) is 0 Å². The van der Waals surface area contributed by atoms with Crippen LogP contribution in [0.25, 0.3) is 0 Å². The predicted molar refractivity (Wildman–Crippen MR) is 81.6 cm³/mol. The summed E-state index contributed by atoms with van der Waals surface area (Å²) < 4.78 is 5.28. The fourth-order valence-corrected chi connectivity index (χ4v) is 3.09. The van der Waals surface area contributed by atoms with Gasteiger partial charge in [-0.15, -0.1) is 11.8 Å². The van der Waals surface area contributed by atoms with Crippen molar-refractivity contribution >= 4 is 34.7 Å². The first kappa shape index (κ1) is 13.6. The van der Waals surface area contributed by atoms with Crippen molar-refractivity contribution in [2.45, 2.75) is 29.9 Å². The average molecular weight is 282 g/mol. The largest absolute Gasteiger partial charge is 0.389 e. The Morgan fingerprint density at radius 1 is 1.50 bits per heavy atom.